The van der Waals surface area contributed by atoms with E-state index in [1.54, 1.807) is 24.3 Å². The summed E-state index contributed by atoms with van der Waals surface area (Å²) < 4.78 is 31.7. The van der Waals surface area contributed by atoms with E-state index >= 15 is 0 Å². The lowest BCUT2D eigenvalue weighted by molar-refractivity contribution is 0.317. The van der Waals surface area contributed by atoms with E-state index < -0.39 is 10.0 Å². The standard InChI is InChI=1S/C14H24N2O3S/c1-3-11-19-14-8-6-13(7-9-14)16-20(17,18)12-5-10-15-4-2/h6-9,15-16H,3-5,10-12H2,1-2H3. The lowest BCUT2D eigenvalue weighted by atomic mass is 10.3. The minimum atomic E-state index is -3.28. The van der Waals surface area contributed by atoms with Crippen molar-refractivity contribution in [3.8, 4) is 5.75 Å². The van der Waals surface area contributed by atoms with Crippen LogP contribution in [0.1, 0.15) is 26.7 Å². The molecule has 0 bridgehead atoms. The Morgan fingerprint density at radius 2 is 1.85 bits per heavy atom. The van der Waals surface area contributed by atoms with Crippen LogP contribution in [-0.4, -0.2) is 33.9 Å². The first-order valence-corrected chi connectivity index (χ1v) is 8.66. The summed E-state index contributed by atoms with van der Waals surface area (Å²) in [6.07, 6.45) is 1.54. The van der Waals surface area contributed by atoms with Gasteiger partial charge in [0, 0.05) is 5.69 Å². The van der Waals surface area contributed by atoms with Crippen LogP contribution in [0.3, 0.4) is 0 Å². The predicted octanol–water partition coefficient (Wildman–Crippen LogP) is 2.22. The van der Waals surface area contributed by atoms with Crippen LogP contribution in [0.4, 0.5) is 5.69 Å². The quantitative estimate of drug-likeness (QED) is 0.650. The van der Waals surface area contributed by atoms with Crippen molar-refractivity contribution in [1.82, 2.24) is 5.32 Å². The second-order valence-electron chi connectivity index (χ2n) is 4.50. The van der Waals surface area contributed by atoms with Gasteiger partial charge in [0.15, 0.2) is 0 Å². The molecule has 5 nitrogen and oxygen atoms in total. The molecule has 0 saturated heterocycles. The van der Waals surface area contributed by atoms with Gasteiger partial charge in [-0.3, -0.25) is 4.72 Å². The third-order valence-corrected chi connectivity index (χ3v) is 3.99. The molecule has 0 saturated carbocycles. The first-order chi connectivity index (χ1) is 9.57. The van der Waals surface area contributed by atoms with Crippen LogP contribution in [0.25, 0.3) is 0 Å². The van der Waals surface area contributed by atoms with Crippen LogP contribution in [0.5, 0.6) is 5.75 Å². The number of rotatable bonds is 10. The highest BCUT2D eigenvalue weighted by Crippen LogP contribution is 2.17. The minimum Gasteiger partial charge on any atom is -0.494 e. The molecular formula is C14H24N2O3S. The third-order valence-electron chi connectivity index (χ3n) is 2.62. The second kappa shape index (κ2) is 8.81. The molecule has 1 rings (SSSR count). The fourth-order valence-corrected chi connectivity index (χ4v) is 2.76. The molecule has 1 aromatic rings. The average molecular weight is 300 g/mol. The first-order valence-electron chi connectivity index (χ1n) is 7.01. The molecule has 0 unspecified atom stereocenters. The number of ether oxygens (including phenoxy) is 1. The summed E-state index contributed by atoms with van der Waals surface area (Å²) in [6.45, 7) is 6.26. The molecule has 0 heterocycles. The molecule has 114 valence electrons. The van der Waals surface area contributed by atoms with Gasteiger partial charge in [0.25, 0.3) is 0 Å². The smallest absolute Gasteiger partial charge is 0.232 e. The Balaban J connectivity index is 2.46. The van der Waals surface area contributed by atoms with Crippen LogP contribution in [0, 0.1) is 0 Å². The van der Waals surface area contributed by atoms with Crippen molar-refractivity contribution < 1.29 is 13.2 Å². The Labute approximate surface area is 121 Å². The zero-order chi connectivity index (χ0) is 14.8. The lowest BCUT2D eigenvalue weighted by Crippen LogP contribution is -2.21. The van der Waals surface area contributed by atoms with E-state index in [1.165, 1.54) is 0 Å². The number of nitrogens with one attached hydrogen (secondary N) is 2. The van der Waals surface area contributed by atoms with Gasteiger partial charge in [0.2, 0.25) is 10.0 Å². The molecule has 0 fully saturated rings. The van der Waals surface area contributed by atoms with E-state index in [9.17, 15) is 8.42 Å². The Hall–Kier alpha value is -1.27. The average Bonchev–Trinajstić information content (AvgIpc) is 2.42. The summed E-state index contributed by atoms with van der Waals surface area (Å²) in [5.74, 6) is 0.871. The summed E-state index contributed by atoms with van der Waals surface area (Å²) in [7, 11) is -3.28. The monoisotopic (exact) mass is 300 g/mol. The van der Waals surface area contributed by atoms with E-state index in [0.29, 0.717) is 25.3 Å². The van der Waals surface area contributed by atoms with Gasteiger partial charge in [-0.2, -0.15) is 0 Å². The molecule has 2 N–H and O–H groups in total. The molecule has 20 heavy (non-hydrogen) atoms. The van der Waals surface area contributed by atoms with E-state index in [2.05, 4.69) is 10.0 Å². The maximum Gasteiger partial charge on any atom is 0.232 e. The Morgan fingerprint density at radius 1 is 1.15 bits per heavy atom. The highest BCUT2D eigenvalue weighted by atomic mass is 32.2. The predicted molar refractivity (Wildman–Crippen MR) is 82.8 cm³/mol. The topological polar surface area (TPSA) is 67.4 Å². The molecular weight excluding hydrogens is 276 g/mol. The van der Waals surface area contributed by atoms with Gasteiger partial charge in [-0.15, -0.1) is 0 Å². The molecule has 0 aliphatic heterocycles. The number of anilines is 1. The van der Waals surface area contributed by atoms with Gasteiger partial charge >= 0.3 is 0 Å². The zero-order valence-electron chi connectivity index (χ0n) is 12.2. The van der Waals surface area contributed by atoms with Crippen molar-refractivity contribution in [2.24, 2.45) is 0 Å². The minimum absolute atomic E-state index is 0.119. The van der Waals surface area contributed by atoms with Gasteiger partial charge in [-0.05, 0) is 50.2 Å². The molecule has 0 aliphatic rings. The summed E-state index contributed by atoms with van der Waals surface area (Å²) in [5.41, 5.74) is 0.567. The van der Waals surface area contributed by atoms with Crippen LogP contribution >= 0.6 is 0 Å². The van der Waals surface area contributed by atoms with Crippen molar-refractivity contribution in [3.05, 3.63) is 24.3 Å². The van der Waals surface area contributed by atoms with Gasteiger partial charge in [-0.25, -0.2) is 8.42 Å². The summed E-state index contributed by atoms with van der Waals surface area (Å²) in [4.78, 5) is 0. The molecule has 0 spiro atoms. The summed E-state index contributed by atoms with van der Waals surface area (Å²) in [5, 5.41) is 3.10. The number of hydrogen-bond donors (Lipinski definition) is 2. The molecule has 0 radical (unpaired) electrons. The van der Waals surface area contributed by atoms with Crippen LogP contribution in [0.15, 0.2) is 24.3 Å². The van der Waals surface area contributed by atoms with Crippen LogP contribution in [-0.2, 0) is 10.0 Å². The van der Waals surface area contributed by atoms with Crippen LogP contribution in [0.2, 0.25) is 0 Å². The zero-order valence-corrected chi connectivity index (χ0v) is 13.0. The fourth-order valence-electron chi connectivity index (χ4n) is 1.63. The van der Waals surface area contributed by atoms with Gasteiger partial charge < -0.3 is 10.1 Å². The fraction of sp³-hybridized carbons (Fsp3) is 0.571. The van der Waals surface area contributed by atoms with E-state index in [0.717, 1.165) is 18.7 Å². The Morgan fingerprint density at radius 3 is 2.45 bits per heavy atom. The van der Waals surface area contributed by atoms with Crippen molar-refractivity contribution in [3.63, 3.8) is 0 Å². The van der Waals surface area contributed by atoms with E-state index in [1.807, 2.05) is 13.8 Å². The number of sulfonamides is 1. The largest absolute Gasteiger partial charge is 0.494 e. The Kier molecular flexibility index (Phi) is 7.40. The number of benzene rings is 1. The van der Waals surface area contributed by atoms with Gasteiger partial charge in [0.05, 0.1) is 12.4 Å². The molecule has 0 aliphatic carbocycles. The summed E-state index contributed by atoms with van der Waals surface area (Å²) >= 11 is 0. The molecule has 0 atom stereocenters. The maximum atomic E-state index is 11.8. The molecule has 6 heteroatoms. The molecule has 1 aromatic carbocycles. The SMILES string of the molecule is CCCOc1ccc(NS(=O)(=O)CCCNCC)cc1. The van der Waals surface area contributed by atoms with Crippen molar-refractivity contribution in [1.29, 1.82) is 0 Å². The summed E-state index contributed by atoms with van der Waals surface area (Å²) in [6, 6.07) is 6.97. The van der Waals surface area contributed by atoms with Gasteiger partial charge in [0.1, 0.15) is 5.75 Å². The maximum absolute atomic E-state index is 11.8. The number of hydrogen-bond acceptors (Lipinski definition) is 4. The molecule has 0 aromatic heterocycles. The van der Waals surface area contributed by atoms with Gasteiger partial charge in [-0.1, -0.05) is 13.8 Å². The van der Waals surface area contributed by atoms with Crippen molar-refractivity contribution >= 4 is 15.7 Å². The lowest BCUT2D eigenvalue weighted by Gasteiger charge is -2.09. The highest BCUT2D eigenvalue weighted by molar-refractivity contribution is 7.92. The van der Waals surface area contributed by atoms with Crippen molar-refractivity contribution in [2.45, 2.75) is 26.7 Å². The normalized spacial score (nSPS) is 11.3. The highest BCUT2D eigenvalue weighted by Gasteiger charge is 2.09. The molecule has 0 amide bonds. The van der Waals surface area contributed by atoms with E-state index in [4.69, 9.17) is 4.74 Å². The third kappa shape index (κ3) is 6.77. The Bertz CT molecular complexity index is 472. The van der Waals surface area contributed by atoms with Crippen LogP contribution < -0.4 is 14.8 Å². The van der Waals surface area contributed by atoms with Crippen molar-refractivity contribution in [2.75, 3.05) is 30.2 Å². The first kappa shape index (κ1) is 16.8. The van der Waals surface area contributed by atoms with E-state index in [-0.39, 0.29) is 5.75 Å². The second-order valence-corrected chi connectivity index (χ2v) is 6.34.